The molecular formula is C22H30F3N3O3. The maximum Gasteiger partial charge on any atom is 0.416 e. The van der Waals surface area contributed by atoms with E-state index < -0.39 is 23.9 Å². The maximum absolute atomic E-state index is 12.8. The van der Waals surface area contributed by atoms with Gasteiger partial charge in [-0.25, -0.2) is 4.79 Å². The Hall–Kier alpha value is -2.29. The van der Waals surface area contributed by atoms with Gasteiger partial charge in [0.05, 0.1) is 5.56 Å². The predicted molar refractivity (Wildman–Crippen MR) is 109 cm³/mol. The van der Waals surface area contributed by atoms with Crippen LogP contribution in [-0.2, 0) is 17.5 Å². The summed E-state index contributed by atoms with van der Waals surface area (Å²) < 4.78 is 38.2. The van der Waals surface area contributed by atoms with E-state index in [0.717, 1.165) is 48.5 Å². The van der Waals surface area contributed by atoms with Crippen molar-refractivity contribution in [3.8, 4) is 0 Å². The molecule has 0 bridgehead atoms. The molecule has 0 radical (unpaired) electrons. The van der Waals surface area contributed by atoms with Gasteiger partial charge in [-0.15, -0.1) is 0 Å². The third-order valence-corrected chi connectivity index (χ3v) is 6.57. The molecule has 1 aromatic carbocycles. The van der Waals surface area contributed by atoms with Crippen molar-refractivity contribution in [3.63, 3.8) is 0 Å². The van der Waals surface area contributed by atoms with Crippen LogP contribution in [0.2, 0.25) is 0 Å². The first-order chi connectivity index (χ1) is 14.5. The molecule has 1 saturated carbocycles. The lowest BCUT2D eigenvalue weighted by Crippen LogP contribution is -2.53. The highest BCUT2D eigenvalue weighted by Gasteiger charge is 2.44. The van der Waals surface area contributed by atoms with Crippen molar-refractivity contribution in [2.24, 2.45) is 17.8 Å². The molecular weight excluding hydrogens is 411 g/mol. The average molecular weight is 441 g/mol. The van der Waals surface area contributed by atoms with Crippen molar-refractivity contribution >= 4 is 12.0 Å². The minimum Gasteiger partial charge on any atom is -0.465 e. The highest BCUT2D eigenvalue weighted by molar-refractivity contribution is 5.85. The monoisotopic (exact) mass is 441 g/mol. The van der Waals surface area contributed by atoms with Gasteiger partial charge in [-0.1, -0.05) is 26.0 Å². The molecule has 2 amide bonds. The smallest absolute Gasteiger partial charge is 0.416 e. The van der Waals surface area contributed by atoms with Crippen LogP contribution in [0.25, 0.3) is 0 Å². The summed E-state index contributed by atoms with van der Waals surface area (Å²) in [5.74, 6) is 0.264. The van der Waals surface area contributed by atoms with Gasteiger partial charge < -0.3 is 10.4 Å². The molecule has 2 N–H and O–H groups in total. The van der Waals surface area contributed by atoms with Gasteiger partial charge in [0.25, 0.3) is 0 Å². The van der Waals surface area contributed by atoms with E-state index in [0.29, 0.717) is 12.5 Å². The number of benzene rings is 1. The van der Waals surface area contributed by atoms with Crippen molar-refractivity contribution < 1.29 is 27.9 Å². The number of rotatable bonds is 6. The predicted octanol–water partition coefficient (Wildman–Crippen LogP) is 3.67. The SMILES string of the molecule is CC(C)C(C(=O)N[C@@H]1CC[C@H]2CN(Cc3ccc(C(F)(F)F)cc3)C[C@H]21)N(C)C(=O)O. The van der Waals surface area contributed by atoms with E-state index in [4.69, 9.17) is 0 Å². The third-order valence-electron chi connectivity index (χ3n) is 6.57. The van der Waals surface area contributed by atoms with Gasteiger partial charge in [0.15, 0.2) is 0 Å². The molecule has 1 unspecified atom stereocenters. The Morgan fingerprint density at radius 2 is 1.84 bits per heavy atom. The van der Waals surface area contributed by atoms with Crippen molar-refractivity contribution in [1.82, 2.24) is 15.1 Å². The van der Waals surface area contributed by atoms with E-state index >= 15 is 0 Å². The summed E-state index contributed by atoms with van der Waals surface area (Å²) in [5.41, 5.74) is 0.180. The Balaban J connectivity index is 1.59. The van der Waals surface area contributed by atoms with E-state index in [1.807, 2.05) is 13.8 Å². The molecule has 0 spiro atoms. The van der Waals surface area contributed by atoms with Crippen molar-refractivity contribution in [2.75, 3.05) is 20.1 Å². The number of nitrogens with one attached hydrogen (secondary N) is 1. The van der Waals surface area contributed by atoms with Gasteiger partial charge in [-0.3, -0.25) is 14.6 Å². The fourth-order valence-electron chi connectivity index (χ4n) is 5.04. The summed E-state index contributed by atoms with van der Waals surface area (Å²) >= 11 is 0. The highest BCUT2D eigenvalue weighted by atomic mass is 19.4. The van der Waals surface area contributed by atoms with Gasteiger partial charge in [0.2, 0.25) is 5.91 Å². The molecule has 3 rings (SSSR count). The number of carboxylic acid groups (broad SMARTS) is 1. The molecule has 2 fully saturated rings. The van der Waals surface area contributed by atoms with E-state index in [1.54, 1.807) is 0 Å². The number of alkyl halides is 3. The summed E-state index contributed by atoms with van der Waals surface area (Å²) in [5, 5.41) is 12.4. The van der Waals surface area contributed by atoms with Crippen LogP contribution in [0.5, 0.6) is 0 Å². The van der Waals surface area contributed by atoms with Crippen LogP contribution in [0.3, 0.4) is 0 Å². The molecule has 1 aromatic rings. The van der Waals surface area contributed by atoms with Crippen LogP contribution in [0.4, 0.5) is 18.0 Å². The molecule has 172 valence electrons. The molecule has 1 saturated heterocycles. The number of hydrogen-bond acceptors (Lipinski definition) is 3. The second kappa shape index (κ2) is 9.06. The van der Waals surface area contributed by atoms with Crippen molar-refractivity contribution in [3.05, 3.63) is 35.4 Å². The summed E-state index contributed by atoms with van der Waals surface area (Å²) in [7, 11) is 1.41. The van der Waals surface area contributed by atoms with Crippen molar-refractivity contribution in [1.29, 1.82) is 0 Å². The Morgan fingerprint density at radius 3 is 2.39 bits per heavy atom. The van der Waals surface area contributed by atoms with Crippen LogP contribution >= 0.6 is 0 Å². The Bertz CT molecular complexity index is 797. The van der Waals surface area contributed by atoms with E-state index in [9.17, 15) is 27.9 Å². The molecule has 0 aromatic heterocycles. The number of hydrogen-bond donors (Lipinski definition) is 2. The number of amides is 2. The Kier molecular flexibility index (Phi) is 6.83. The lowest BCUT2D eigenvalue weighted by Gasteiger charge is -2.30. The zero-order chi connectivity index (χ0) is 22.9. The van der Waals surface area contributed by atoms with Crippen LogP contribution in [0, 0.1) is 17.8 Å². The van der Waals surface area contributed by atoms with Gasteiger partial charge in [0, 0.05) is 32.7 Å². The first-order valence-corrected chi connectivity index (χ1v) is 10.6. The first-order valence-electron chi connectivity index (χ1n) is 10.6. The topological polar surface area (TPSA) is 72.9 Å². The molecule has 1 aliphatic heterocycles. The average Bonchev–Trinajstić information content (AvgIpc) is 3.22. The zero-order valence-corrected chi connectivity index (χ0v) is 18.0. The van der Waals surface area contributed by atoms with Crippen LogP contribution in [0.1, 0.15) is 37.8 Å². The Labute approximate surface area is 180 Å². The van der Waals surface area contributed by atoms with E-state index in [1.165, 1.54) is 19.2 Å². The number of likely N-dealkylation sites (tertiary alicyclic amines) is 1. The summed E-state index contributed by atoms with van der Waals surface area (Å²) in [6.07, 6.45) is -3.64. The molecule has 1 aliphatic carbocycles. The molecule has 2 aliphatic rings. The minimum atomic E-state index is -4.34. The minimum absolute atomic E-state index is 0.0152. The molecule has 1 heterocycles. The summed E-state index contributed by atoms with van der Waals surface area (Å²) in [6.45, 7) is 5.83. The first kappa shape index (κ1) is 23.4. The number of carbonyl (C=O) groups is 2. The zero-order valence-electron chi connectivity index (χ0n) is 18.0. The largest absolute Gasteiger partial charge is 0.465 e. The number of fused-ring (bicyclic) bond motifs is 1. The standard InChI is InChI=1S/C22H30F3N3O3/c1-13(2)19(27(3)21(30)31)20(29)26-18-9-6-15-11-28(12-17(15)18)10-14-4-7-16(8-5-14)22(23,24)25/h4-5,7-8,13,15,17-19H,6,9-12H2,1-3H3,(H,26,29)(H,30,31)/t15-,17+,18+,19?/m0/s1. The number of nitrogens with zero attached hydrogens (tertiary/aromatic N) is 2. The van der Waals surface area contributed by atoms with Crippen LogP contribution < -0.4 is 5.32 Å². The second-order valence-electron chi connectivity index (χ2n) is 9.09. The lowest BCUT2D eigenvalue weighted by atomic mass is 9.96. The number of carbonyl (C=O) groups excluding carboxylic acids is 1. The summed E-state index contributed by atoms with van der Waals surface area (Å²) in [6, 6.07) is 4.50. The maximum atomic E-state index is 12.8. The van der Waals surface area contributed by atoms with Crippen molar-refractivity contribution in [2.45, 2.75) is 51.5 Å². The van der Waals surface area contributed by atoms with Crippen LogP contribution in [-0.4, -0.2) is 59.1 Å². The van der Waals surface area contributed by atoms with Gasteiger partial charge in [0.1, 0.15) is 6.04 Å². The fourth-order valence-corrected chi connectivity index (χ4v) is 5.04. The third kappa shape index (κ3) is 5.31. The van der Waals surface area contributed by atoms with Gasteiger partial charge in [-0.2, -0.15) is 13.2 Å². The van der Waals surface area contributed by atoms with E-state index in [2.05, 4.69) is 10.2 Å². The number of halogens is 3. The molecule has 9 heteroatoms. The Morgan fingerprint density at radius 1 is 1.19 bits per heavy atom. The summed E-state index contributed by atoms with van der Waals surface area (Å²) in [4.78, 5) is 27.5. The van der Waals surface area contributed by atoms with Gasteiger partial charge in [-0.05, 0) is 48.3 Å². The second-order valence-corrected chi connectivity index (χ2v) is 9.09. The van der Waals surface area contributed by atoms with Gasteiger partial charge >= 0.3 is 12.3 Å². The normalized spacial score (nSPS) is 24.8. The molecule has 6 nitrogen and oxygen atoms in total. The number of likely N-dealkylation sites (N-methyl/N-ethyl adjacent to an activating group) is 1. The van der Waals surface area contributed by atoms with E-state index in [-0.39, 0.29) is 23.8 Å². The highest BCUT2D eigenvalue weighted by Crippen LogP contribution is 2.39. The molecule has 31 heavy (non-hydrogen) atoms. The fraction of sp³-hybridized carbons (Fsp3) is 0.636. The molecule has 4 atom stereocenters. The van der Waals surface area contributed by atoms with Crippen LogP contribution in [0.15, 0.2) is 24.3 Å². The quantitative estimate of drug-likeness (QED) is 0.707. The lowest BCUT2D eigenvalue weighted by molar-refractivity contribution is -0.137.